The smallest absolute Gasteiger partial charge is 0.0448 e. The quantitative estimate of drug-likeness (QED) is 0.847. The maximum absolute atomic E-state index is 3.57. The van der Waals surface area contributed by atoms with E-state index in [0.717, 1.165) is 5.25 Å². The average molecular weight is 310 g/mol. The summed E-state index contributed by atoms with van der Waals surface area (Å²) in [5.41, 5.74) is 2.87. The highest BCUT2D eigenvalue weighted by atomic mass is 32.2. The summed E-state index contributed by atoms with van der Waals surface area (Å²) >= 11 is 4.31. The van der Waals surface area contributed by atoms with Gasteiger partial charge in [-0.25, -0.2) is 0 Å². The van der Waals surface area contributed by atoms with Crippen molar-refractivity contribution in [2.75, 3.05) is 18.6 Å². The molecule has 3 heteroatoms. The van der Waals surface area contributed by atoms with Gasteiger partial charge in [-0.1, -0.05) is 45.0 Å². The van der Waals surface area contributed by atoms with Crippen LogP contribution in [0.4, 0.5) is 0 Å². The van der Waals surface area contributed by atoms with Gasteiger partial charge >= 0.3 is 0 Å². The Kier molecular flexibility index (Phi) is 6.31. The van der Waals surface area contributed by atoms with E-state index in [0.29, 0.717) is 17.2 Å². The maximum atomic E-state index is 3.57. The highest BCUT2D eigenvalue weighted by Crippen LogP contribution is 2.40. The van der Waals surface area contributed by atoms with Gasteiger partial charge in [-0.05, 0) is 30.5 Å². The SMILES string of the molecule is CCC1SCCSC1C(NC)c1ccc(C(C)C)cc1. The molecule has 1 aliphatic rings. The van der Waals surface area contributed by atoms with Crippen LogP contribution in [0.25, 0.3) is 0 Å². The number of hydrogen-bond donors (Lipinski definition) is 1. The lowest BCUT2D eigenvalue weighted by molar-refractivity contribution is 0.543. The van der Waals surface area contributed by atoms with E-state index in [1.54, 1.807) is 0 Å². The van der Waals surface area contributed by atoms with E-state index in [1.165, 1.54) is 29.1 Å². The zero-order valence-corrected chi connectivity index (χ0v) is 14.7. The molecule has 0 aromatic heterocycles. The van der Waals surface area contributed by atoms with Crippen molar-refractivity contribution >= 4 is 23.5 Å². The summed E-state index contributed by atoms with van der Waals surface area (Å²) in [6, 6.07) is 9.71. The Morgan fingerprint density at radius 2 is 1.70 bits per heavy atom. The molecule has 20 heavy (non-hydrogen) atoms. The standard InChI is InChI=1S/C17H27NS2/c1-5-15-17(20-11-10-19-15)16(18-4)14-8-6-13(7-9-14)12(2)3/h6-9,12,15-18H,5,10-11H2,1-4H3. The summed E-state index contributed by atoms with van der Waals surface area (Å²) in [5.74, 6) is 3.20. The van der Waals surface area contributed by atoms with E-state index in [1.807, 2.05) is 0 Å². The molecule has 2 rings (SSSR count). The number of hydrogen-bond acceptors (Lipinski definition) is 3. The fourth-order valence-corrected chi connectivity index (χ4v) is 6.15. The minimum absolute atomic E-state index is 0.471. The molecule has 1 nitrogen and oxygen atoms in total. The number of rotatable bonds is 5. The van der Waals surface area contributed by atoms with Crippen LogP contribution in [0, 0.1) is 0 Å². The van der Waals surface area contributed by atoms with E-state index in [2.05, 4.69) is 80.9 Å². The topological polar surface area (TPSA) is 12.0 Å². The van der Waals surface area contributed by atoms with Crippen molar-refractivity contribution in [3.8, 4) is 0 Å². The molecule has 0 bridgehead atoms. The summed E-state index contributed by atoms with van der Waals surface area (Å²) in [6.07, 6.45) is 1.27. The predicted octanol–water partition coefficient (Wildman–Crippen LogP) is 4.70. The van der Waals surface area contributed by atoms with Gasteiger partial charge in [-0.3, -0.25) is 0 Å². The molecule has 1 aromatic carbocycles. The van der Waals surface area contributed by atoms with Crippen LogP contribution < -0.4 is 5.32 Å². The third-order valence-electron chi connectivity index (χ3n) is 4.10. The highest BCUT2D eigenvalue weighted by molar-refractivity contribution is 8.07. The van der Waals surface area contributed by atoms with E-state index >= 15 is 0 Å². The molecule has 1 fully saturated rings. The summed E-state index contributed by atoms with van der Waals surface area (Å²) < 4.78 is 0. The van der Waals surface area contributed by atoms with Crippen molar-refractivity contribution in [2.24, 2.45) is 0 Å². The zero-order chi connectivity index (χ0) is 14.5. The maximum Gasteiger partial charge on any atom is 0.0448 e. The Hall–Kier alpha value is -0.120. The van der Waals surface area contributed by atoms with Crippen molar-refractivity contribution in [3.05, 3.63) is 35.4 Å². The molecule has 0 radical (unpaired) electrons. The van der Waals surface area contributed by atoms with Crippen molar-refractivity contribution in [1.29, 1.82) is 0 Å². The van der Waals surface area contributed by atoms with E-state index in [4.69, 9.17) is 0 Å². The zero-order valence-electron chi connectivity index (χ0n) is 13.1. The Balaban J connectivity index is 2.17. The first-order chi connectivity index (χ1) is 9.67. The van der Waals surface area contributed by atoms with Crippen molar-refractivity contribution in [2.45, 2.75) is 49.7 Å². The van der Waals surface area contributed by atoms with Crippen molar-refractivity contribution in [3.63, 3.8) is 0 Å². The van der Waals surface area contributed by atoms with Crippen LogP contribution >= 0.6 is 23.5 Å². The van der Waals surface area contributed by atoms with Crippen LogP contribution in [0.15, 0.2) is 24.3 Å². The second-order valence-electron chi connectivity index (χ2n) is 5.74. The van der Waals surface area contributed by atoms with E-state index in [-0.39, 0.29) is 0 Å². The Labute approximate surface area is 132 Å². The summed E-state index contributed by atoms with van der Waals surface area (Å²) in [4.78, 5) is 0. The molecule has 0 amide bonds. The molecule has 0 saturated carbocycles. The molecule has 1 heterocycles. The van der Waals surface area contributed by atoms with Gasteiger partial charge in [0.25, 0.3) is 0 Å². The predicted molar refractivity (Wildman–Crippen MR) is 95.1 cm³/mol. The second-order valence-corrected chi connectivity index (χ2v) is 8.37. The van der Waals surface area contributed by atoms with Crippen LogP contribution in [0.1, 0.15) is 50.3 Å². The summed E-state index contributed by atoms with van der Waals surface area (Å²) in [7, 11) is 2.10. The van der Waals surface area contributed by atoms with Crippen LogP contribution in [0.5, 0.6) is 0 Å². The van der Waals surface area contributed by atoms with Gasteiger partial charge in [0, 0.05) is 28.0 Å². The molecule has 3 unspecified atom stereocenters. The molecule has 0 aliphatic carbocycles. The molecular weight excluding hydrogens is 282 g/mol. The molecule has 1 N–H and O–H groups in total. The van der Waals surface area contributed by atoms with Crippen molar-refractivity contribution in [1.82, 2.24) is 5.32 Å². The average Bonchev–Trinajstić information content (AvgIpc) is 2.49. The molecule has 1 aliphatic heterocycles. The second kappa shape index (κ2) is 7.77. The van der Waals surface area contributed by atoms with Gasteiger partial charge in [-0.2, -0.15) is 23.5 Å². The van der Waals surface area contributed by atoms with Gasteiger partial charge in [0.2, 0.25) is 0 Å². The van der Waals surface area contributed by atoms with E-state index in [9.17, 15) is 0 Å². The highest BCUT2D eigenvalue weighted by Gasteiger charge is 2.32. The largest absolute Gasteiger partial charge is 0.312 e. The lowest BCUT2D eigenvalue weighted by Crippen LogP contribution is -2.37. The third-order valence-corrected chi connectivity index (χ3v) is 7.45. The van der Waals surface area contributed by atoms with Gasteiger partial charge in [0.15, 0.2) is 0 Å². The Bertz CT molecular complexity index is 402. The fourth-order valence-electron chi connectivity index (χ4n) is 2.86. The number of nitrogens with one attached hydrogen (secondary N) is 1. The van der Waals surface area contributed by atoms with Gasteiger partial charge in [-0.15, -0.1) is 0 Å². The van der Waals surface area contributed by atoms with Gasteiger partial charge < -0.3 is 5.32 Å². The molecule has 1 aromatic rings. The lowest BCUT2D eigenvalue weighted by Gasteiger charge is -2.36. The van der Waals surface area contributed by atoms with Crippen LogP contribution in [0.2, 0.25) is 0 Å². The Morgan fingerprint density at radius 3 is 2.25 bits per heavy atom. The minimum atomic E-state index is 0.471. The third kappa shape index (κ3) is 3.75. The fraction of sp³-hybridized carbons (Fsp3) is 0.647. The normalized spacial score (nSPS) is 24.9. The minimum Gasteiger partial charge on any atom is -0.312 e. The van der Waals surface area contributed by atoms with Crippen molar-refractivity contribution < 1.29 is 0 Å². The molecule has 1 saturated heterocycles. The lowest BCUT2D eigenvalue weighted by atomic mass is 9.96. The molecule has 0 spiro atoms. The molecular formula is C17H27NS2. The van der Waals surface area contributed by atoms with Crippen LogP contribution in [-0.4, -0.2) is 29.1 Å². The van der Waals surface area contributed by atoms with Crippen LogP contribution in [0.3, 0.4) is 0 Å². The Morgan fingerprint density at radius 1 is 1.10 bits per heavy atom. The van der Waals surface area contributed by atoms with Gasteiger partial charge in [0.05, 0.1) is 0 Å². The first-order valence-corrected chi connectivity index (χ1v) is 9.77. The number of benzene rings is 1. The summed E-state index contributed by atoms with van der Waals surface area (Å²) in [5, 5.41) is 5.03. The first-order valence-electron chi connectivity index (χ1n) is 7.67. The number of thioether (sulfide) groups is 2. The first kappa shape index (κ1) is 16.3. The summed E-state index contributed by atoms with van der Waals surface area (Å²) in [6.45, 7) is 6.84. The monoisotopic (exact) mass is 309 g/mol. The van der Waals surface area contributed by atoms with Gasteiger partial charge in [0.1, 0.15) is 0 Å². The molecule has 112 valence electrons. The van der Waals surface area contributed by atoms with Crippen LogP contribution in [-0.2, 0) is 0 Å². The van der Waals surface area contributed by atoms with E-state index < -0.39 is 0 Å². The molecule has 3 atom stereocenters.